The van der Waals surface area contributed by atoms with Crippen molar-refractivity contribution in [3.63, 3.8) is 0 Å². The molecule has 2 aromatic carbocycles. The molecular weight excluding hydrogens is 399 g/mol. The van der Waals surface area contributed by atoms with Gasteiger partial charge in [0.1, 0.15) is 17.4 Å². The summed E-state index contributed by atoms with van der Waals surface area (Å²) in [5.74, 6) is 0.691. The van der Waals surface area contributed by atoms with Crippen molar-refractivity contribution in [3.05, 3.63) is 64.6 Å². The Morgan fingerprint density at radius 1 is 1.13 bits per heavy atom. The van der Waals surface area contributed by atoms with Crippen LogP contribution in [0.1, 0.15) is 25.1 Å². The molecule has 1 unspecified atom stereocenters. The lowest BCUT2D eigenvalue weighted by molar-refractivity contribution is -0.131. The van der Waals surface area contributed by atoms with E-state index in [-0.39, 0.29) is 29.2 Å². The molecule has 8 heteroatoms. The van der Waals surface area contributed by atoms with Crippen LogP contribution in [0.15, 0.2) is 47.3 Å². The van der Waals surface area contributed by atoms with E-state index in [0.29, 0.717) is 24.4 Å². The third-order valence-corrected chi connectivity index (χ3v) is 6.13. The molecule has 1 aromatic heterocycles. The Kier molecular flexibility index (Phi) is 4.84. The van der Waals surface area contributed by atoms with Crippen molar-refractivity contribution in [1.82, 2.24) is 19.7 Å². The van der Waals surface area contributed by atoms with Gasteiger partial charge in [0.05, 0.1) is 5.69 Å². The van der Waals surface area contributed by atoms with Gasteiger partial charge in [0.2, 0.25) is 5.91 Å². The summed E-state index contributed by atoms with van der Waals surface area (Å²) in [5, 5.41) is 16.0. The number of carbonyl (C=O) groups excluding carboxylic acids is 1. The molecule has 1 aliphatic heterocycles. The van der Waals surface area contributed by atoms with Gasteiger partial charge in [0, 0.05) is 25.4 Å². The Morgan fingerprint density at radius 2 is 1.87 bits per heavy atom. The van der Waals surface area contributed by atoms with Crippen molar-refractivity contribution in [1.29, 1.82) is 0 Å². The first-order valence-electron chi connectivity index (χ1n) is 10.5. The van der Waals surface area contributed by atoms with Crippen LogP contribution in [0.5, 0.6) is 5.75 Å². The molecule has 0 spiro atoms. The van der Waals surface area contributed by atoms with Gasteiger partial charge in [-0.3, -0.25) is 4.79 Å². The second-order valence-corrected chi connectivity index (χ2v) is 8.41. The molecule has 31 heavy (non-hydrogen) atoms. The minimum Gasteiger partial charge on any atom is -0.508 e. The van der Waals surface area contributed by atoms with E-state index in [9.17, 15) is 14.7 Å². The topological polar surface area (TPSA) is 91.2 Å². The largest absolute Gasteiger partial charge is 0.508 e. The fourth-order valence-corrected chi connectivity index (χ4v) is 4.28. The predicted octanol–water partition coefficient (Wildman–Crippen LogP) is 2.87. The van der Waals surface area contributed by atoms with Gasteiger partial charge in [-0.05, 0) is 60.6 Å². The summed E-state index contributed by atoms with van der Waals surface area (Å²) in [6.45, 7) is 1.38. The number of rotatable bonds is 5. The molecular formula is C23H23FN4O3. The smallest absolute Gasteiger partial charge is 0.348 e. The van der Waals surface area contributed by atoms with Crippen LogP contribution in [0.3, 0.4) is 0 Å². The lowest BCUT2D eigenvalue weighted by Crippen LogP contribution is -2.30. The average Bonchev–Trinajstić information content (AvgIpc) is 3.41. The number of nitrogens with one attached hydrogen (secondary N) is 1. The highest BCUT2D eigenvalue weighted by Gasteiger charge is 2.37. The van der Waals surface area contributed by atoms with Crippen LogP contribution in [0.25, 0.3) is 16.8 Å². The SMILES string of the molecule is O=C(C1CC1)N1CCC(Cc2n[nH]c(=O)n2-c2ccc(-c3ccc(O)cc3)cc2F)C1. The number of nitrogens with zero attached hydrogens (tertiary/aromatic N) is 3. The highest BCUT2D eigenvalue weighted by atomic mass is 19.1. The van der Waals surface area contributed by atoms with E-state index in [1.54, 1.807) is 36.4 Å². The quantitative estimate of drug-likeness (QED) is 0.662. The Balaban J connectivity index is 1.37. The van der Waals surface area contributed by atoms with Crippen molar-refractivity contribution in [2.75, 3.05) is 13.1 Å². The highest BCUT2D eigenvalue weighted by Crippen LogP contribution is 2.33. The molecule has 2 fully saturated rings. The van der Waals surface area contributed by atoms with Gasteiger partial charge in [0.15, 0.2) is 0 Å². The van der Waals surface area contributed by atoms with Gasteiger partial charge in [-0.2, -0.15) is 5.10 Å². The summed E-state index contributed by atoms with van der Waals surface area (Å²) >= 11 is 0. The molecule has 2 aliphatic rings. The van der Waals surface area contributed by atoms with Crippen molar-refractivity contribution >= 4 is 5.91 Å². The Morgan fingerprint density at radius 3 is 2.58 bits per heavy atom. The van der Waals surface area contributed by atoms with Crippen LogP contribution in [-0.2, 0) is 11.2 Å². The number of H-pyrrole nitrogens is 1. The number of phenolic OH excluding ortho intramolecular Hbond substituents is 1. The Labute approximate surface area is 178 Å². The number of likely N-dealkylation sites (tertiary alicyclic amines) is 1. The normalized spacial score (nSPS) is 18.5. The van der Waals surface area contributed by atoms with Gasteiger partial charge in [-0.15, -0.1) is 0 Å². The fourth-order valence-electron chi connectivity index (χ4n) is 4.28. The third kappa shape index (κ3) is 3.85. The van der Waals surface area contributed by atoms with E-state index < -0.39 is 11.5 Å². The number of hydrogen-bond acceptors (Lipinski definition) is 4. The van der Waals surface area contributed by atoms with Crippen molar-refractivity contribution in [2.45, 2.75) is 25.7 Å². The van der Waals surface area contributed by atoms with Crippen LogP contribution in [0.4, 0.5) is 4.39 Å². The van der Waals surface area contributed by atoms with Gasteiger partial charge in [0.25, 0.3) is 0 Å². The number of aromatic amines is 1. The van der Waals surface area contributed by atoms with Crippen LogP contribution in [-0.4, -0.2) is 43.8 Å². The lowest BCUT2D eigenvalue weighted by atomic mass is 10.0. The molecule has 1 saturated carbocycles. The molecule has 2 N–H and O–H groups in total. The summed E-state index contributed by atoms with van der Waals surface area (Å²) in [6, 6.07) is 11.2. The molecule has 160 valence electrons. The molecule has 7 nitrogen and oxygen atoms in total. The van der Waals surface area contributed by atoms with E-state index in [1.807, 2.05) is 4.90 Å². The Bertz CT molecular complexity index is 1180. The monoisotopic (exact) mass is 422 g/mol. The summed E-state index contributed by atoms with van der Waals surface area (Å²) in [7, 11) is 0. The molecule has 0 bridgehead atoms. The predicted molar refractivity (Wildman–Crippen MR) is 112 cm³/mol. The molecule has 3 aromatic rings. The number of amides is 1. The number of aromatic hydroxyl groups is 1. The molecule has 5 rings (SSSR count). The van der Waals surface area contributed by atoms with Crippen LogP contribution >= 0.6 is 0 Å². The summed E-state index contributed by atoms with van der Waals surface area (Å²) in [6.07, 6.45) is 3.31. The zero-order valence-electron chi connectivity index (χ0n) is 16.9. The number of hydrogen-bond donors (Lipinski definition) is 2. The fraction of sp³-hybridized carbons (Fsp3) is 0.348. The zero-order chi connectivity index (χ0) is 21.5. The number of aromatic nitrogens is 3. The molecule has 1 aliphatic carbocycles. The van der Waals surface area contributed by atoms with Crippen LogP contribution in [0, 0.1) is 17.7 Å². The molecule has 2 heterocycles. The maximum absolute atomic E-state index is 15.0. The maximum Gasteiger partial charge on any atom is 0.348 e. The summed E-state index contributed by atoms with van der Waals surface area (Å²) < 4.78 is 16.3. The zero-order valence-corrected chi connectivity index (χ0v) is 16.9. The first-order chi connectivity index (χ1) is 15.0. The molecule has 1 atom stereocenters. The second-order valence-electron chi connectivity index (χ2n) is 8.41. The average molecular weight is 422 g/mol. The maximum atomic E-state index is 15.0. The van der Waals surface area contributed by atoms with E-state index in [0.717, 1.165) is 31.4 Å². The van der Waals surface area contributed by atoms with Gasteiger partial charge in [-0.25, -0.2) is 18.9 Å². The second kappa shape index (κ2) is 7.68. The van der Waals surface area contributed by atoms with Crippen LogP contribution < -0.4 is 5.69 Å². The summed E-state index contributed by atoms with van der Waals surface area (Å²) in [4.78, 5) is 26.6. The number of phenols is 1. The lowest BCUT2D eigenvalue weighted by Gasteiger charge is -2.16. The first-order valence-corrected chi connectivity index (χ1v) is 10.5. The molecule has 1 amide bonds. The third-order valence-electron chi connectivity index (χ3n) is 6.13. The van der Waals surface area contributed by atoms with Gasteiger partial charge in [-0.1, -0.05) is 18.2 Å². The summed E-state index contributed by atoms with van der Waals surface area (Å²) in [5.41, 5.74) is 1.05. The van der Waals surface area contributed by atoms with Crippen LogP contribution in [0.2, 0.25) is 0 Å². The number of carbonyl (C=O) groups is 1. The minimum atomic E-state index is -0.535. The highest BCUT2D eigenvalue weighted by molar-refractivity contribution is 5.81. The van der Waals surface area contributed by atoms with E-state index in [4.69, 9.17) is 0 Å². The number of benzene rings is 2. The molecule has 0 radical (unpaired) electrons. The van der Waals surface area contributed by atoms with E-state index >= 15 is 4.39 Å². The Hall–Kier alpha value is -3.42. The van der Waals surface area contributed by atoms with Crippen molar-refractivity contribution in [2.24, 2.45) is 11.8 Å². The number of halogens is 1. The minimum absolute atomic E-state index is 0.139. The first kappa shape index (κ1) is 19.5. The van der Waals surface area contributed by atoms with Gasteiger partial charge < -0.3 is 10.0 Å². The standard InChI is InChI=1S/C23H23FN4O3/c24-19-12-17(15-3-6-18(29)7-4-15)5-8-20(19)28-21(25-26-23(28)31)11-14-9-10-27(13-14)22(30)16-1-2-16/h3-8,12,14,16,29H,1-2,9-11,13H2,(H,26,31). The van der Waals surface area contributed by atoms with Crippen molar-refractivity contribution < 1.29 is 14.3 Å². The van der Waals surface area contributed by atoms with E-state index in [2.05, 4.69) is 10.2 Å². The molecule has 1 saturated heterocycles. The van der Waals surface area contributed by atoms with E-state index in [1.165, 1.54) is 10.6 Å². The van der Waals surface area contributed by atoms with Gasteiger partial charge >= 0.3 is 5.69 Å². The van der Waals surface area contributed by atoms with Crippen molar-refractivity contribution in [3.8, 4) is 22.6 Å².